The highest BCUT2D eigenvalue weighted by Crippen LogP contribution is 2.49. The molecule has 0 radical (unpaired) electrons. The van der Waals surface area contributed by atoms with Crippen LogP contribution in [0.25, 0.3) is 0 Å². The fourth-order valence-corrected chi connectivity index (χ4v) is 4.47. The number of phosphoric acid groups is 1. The molecule has 0 unspecified atom stereocenters. The number of phosphoric ester groups is 1. The van der Waals surface area contributed by atoms with Crippen LogP contribution in [0.1, 0.15) is 63.0 Å². The first-order chi connectivity index (χ1) is 11.2. The molecule has 1 aliphatic carbocycles. The van der Waals surface area contributed by atoms with Gasteiger partial charge in [-0.2, -0.15) is 0 Å². The summed E-state index contributed by atoms with van der Waals surface area (Å²) in [7, 11) is -3.37. The van der Waals surface area contributed by atoms with Crippen LogP contribution >= 0.6 is 7.82 Å². The molecule has 4 nitrogen and oxygen atoms in total. The zero-order valence-corrected chi connectivity index (χ0v) is 15.2. The van der Waals surface area contributed by atoms with Gasteiger partial charge in [0, 0.05) is 0 Å². The Balaban J connectivity index is 1.85. The molecule has 1 aliphatic rings. The molecule has 5 heteroatoms. The van der Waals surface area contributed by atoms with Crippen LogP contribution < -0.4 is 0 Å². The first kappa shape index (κ1) is 18.7. The second kappa shape index (κ2) is 9.58. The van der Waals surface area contributed by atoms with E-state index < -0.39 is 7.82 Å². The Morgan fingerprint density at radius 2 is 1.70 bits per heavy atom. The maximum Gasteiger partial charge on any atom is 0.474 e. The average Bonchev–Trinajstić information content (AvgIpc) is 3.07. The number of benzene rings is 1. The van der Waals surface area contributed by atoms with E-state index >= 15 is 0 Å². The van der Waals surface area contributed by atoms with Crippen molar-refractivity contribution in [3.8, 4) is 0 Å². The van der Waals surface area contributed by atoms with Crippen LogP contribution in [0.5, 0.6) is 0 Å². The van der Waals surface area contributed by atoms with E-state index in [1.807, 2.05) is 0 Å². The van der Waals surface area contributed by atoms with E-state index in [4.69, 9.17) is 13.6 Å². The summed E-state index contributed by atoms with van der Waals surface area (Å²) in [6.07, 6.45) is 7.04. The van der Waals surface area contributed by atoms with Gasteiger partial charge in [-0.3, -0.25) is 13.6 Å². The van der Waals surface area contributed by atoms with Crippen molar-refractivity contribution in [2.75, 3.05) is 19.8 Å². The molecule has 0 bridgehead atoms. The fraction of sp³-hybridized carbons (Fsp3) is 0.667. The van der Waals surface area contributed by atoms with E-state index in [0.29, 0.717) is 25.7 Å². The zero-order chi connectivity index (χ0) is 16.5. The Bertz CT molecular complexity index is 501. The minimum Gasteiger partial charge on any atom is -0.287 e. The summed E-state index contributed by atoms with van der Waals surface area (Å²) < 4.78 is 27.9. The molecule has 2 rings (SSSR count). The first-order valence-electron chi connectivity index (χ1n) is 8.80. The van der Waals surface area contributed by atoms with Gasteiger partial charge in [0.1, 0.15) is 0 Å². The largest absolute Gasteiger partial charge is 0.474 e. The highest BCUT2D eigenvalue weighted by molar-refractivity contribution is 7.48. The van der Waals surface area contributed by atoms with Crippen LogP contribution in [-0.4, -0.2) is 19.8 Å². The minimum atomic E-state index is -3.37. The summed E-state index contributed by atoms with van der Waals surface area (Å²) >= 11 is 0. The van der Waals surface area contributed by atoms with Crippen molar-refractivity contribution in [2.45, 2.75) is 58.3 Å². The van der Waals surface area contributed by atoms with Crippen LogP contribution in [-0.2, 0) is 24.6 Å². The lowest BCUT2D eigenvalue weighted by Crippen LogP contribution is -2.04. The van der Waals surface area contributed by atoms with E-state index in [0.717, 1.165) is 12.8 Å². The van der Waals surface area contributed by atoms with Crippen molar-refractivity contribution in [1.82, 2.24) is 0 Å². The molecule has 0 aromatic heterocycles. The Kier molecular flexibility index (Phi) is 7.78. The fourth-order valence-electron chi connectivity index (χ4n) is 3.26. The molecule has 0 atom stereocenters. The Morgan fingerprint density at radius 1 is 1.04 bits per heavy atom. The Morgan fingerprint density at radius 3 is 2.35 bits per heavy atom. The molecule has 0 N–H and O–H groups in total. The second-order valence-corrected chi connectivity index (χ2v) is 7.57. The maximum absolute atomic E-state index is 12.2. The van der Waals surface area contributed by atoms with Crippen molar-refractivity contribution < 1.29 is 18.1 Å². The molecular weight excluding hydrogens is 311 g/mol. The minimum absolute atomic E-state index is 0.321. The molecule has 0 saturated heterocycles. The molecule has 1 aromatic carbocycles. The van der Waals surface area contributed by atoms with E-state index in [2.05, 4.69) is 24.3 Å². The lowest BCUT2D eigenvalue weighted by molar-refractivity contribution is 0.120. The normalized spacial score (nSPS) is 16.1. The summed E-state index contributed by atoms with van der Waals surface area (Å²) in [5, 5.41) is 0. The zero-order valence-electron chi connectivity index (χ0n) is 14.3. The van der Waals surface area contributed by atoms with Gasteiger partial charge in [0.25, 0.3) is 0 Å². The number of rotatable bonds is 10. The average molecular weight is 340 g/mol. The predicted molar refractivity (Wildman–Crippen MR) is 92.8 cm³/mol. The summed E-state index contributed by atoms with van der Waals surface area (Å²) in [6, 6.07) is 8.70. The van der Waals surface area contributed by atoms with Crippen molar-refractivity contribution >= 4 is 7.82 Å². The van der Waals surface area contributed by atoms with Gasteiger partial charge < -0.3 is 0 Å². The molecule has 0 aliphatic heterocycles. The van der Waals surface area contributed by atoms with E-state index in [1.165, 1.54) is 36.8 Å². The SMILES string of the molecule is CCOP(=O)(OCC)OCCCc1ccccc1C1CCCC1. The van der Waals surface area contributed by atoms with Gasteiger partial charge in [-0.05, 0) is 56.6 Å². The van der Waals surface area contributed by atoms with Crippen molar-refractivity contribution in [3.05, 3.63) is 35.4 Å². The molecule has 0 heterocycles. The molecule has 130 valence electrons. The van der Waals surface area contributed by atoms with Crippen LogP contribution in [0.15, 0.2) is 24.3 Å². The number of hydrogen-bond donors (Lipinski definition) is 0. The van der Waals surface area contributed by atoms with Gasteiger partial charge in [0.05, 0.1) is 19.8 Å². The third kappa shape index (κ3) is 5.72. The van der Waals surface area contributed by atoms with Gasteiger partial charge in [-0.1, -0.05) is 37.1 Å². The van der Waals surface area contributed by atoms with Crippen LogP contribution in [0.2, 0.25) is 0 Å². The van der Waals surface area contributed by atoms with E-state index in [-0.39, 0.29) is 0 Å². The molecule has 23 heavy (non-hydrogen) atoms. The second-order valence-electron chi connectivity index (χ2n) is 5.90. The lowest BCUT2D eigenvalue weighted by atomic mass is 9.91. The highest BCUT2D eigenvalue weighted by atomic mass is 31.2. The third-order valence-corrected chi connectivity index (χ3v) is 5.91. The molecule has 1 fully saturated rings. The van der Waals surface area contributed by atoms with Crippen molar-refractivity contribution in [1.29, 1.82) is 0 Å². The Hall–Kier alpha value is -0.670. The molecule has 0 amide bonds. The lowest BCUT2D eigenvalue weighted by Gasteiger charge is -2.17. The van der Waals surface area contributed by atoms with Gasteiger partial charge >= 0.3 is 7.82 Å². The van der Waals surface area contributed by atoms with Gasteiger partial charge in [-0.15, -0.1) is 0 Å². The first-order valence-corrected chi connectivity index (χ1v) is 10.3. The number of aryl methyl sites for hydroxylation is 1. The third-order valence-electron chi connectivity index (χ3n) is 4.26. The maximum atomic E-state index is 12.2. The summed E-state index contributed by atoms with van der Waals surface area (Å²) in [5.74, 6) is 0.713. The topological polar surface area (TPSA) is 44.8 Å². The van der Waals surface area contributed by atoms with Crippen molar-refractivity contribution in [2.24, 2.45) is 0 Å². The van der Waals surface area contributed by atoms with Crippen molar-refractivity contribution in [3.63, 3.8) is 0 Å². The molecule has 0 spiro atoms. The summed E-state index contributed by atoms with van der Waals surface area (Å²) in [5.41, 5.74) is 2.88. The number of hydrogen-bond acceptors (Lipinski definition) is 4. The predicted octanol–water partition coefficient (Wildman–Crippen LogP) is 5.47. The monoisotopic (exact) mass is 340 g/mol. The van der Waals surface area contributed by atoms with Crippen LogP contribution in [0.4, 0.5) is 0 Å². The quantitative estimate of drug-likeness (QED) is 0.418. The van der Waals surface area contributed by atoms with E-state index in [9.17, 15) is 4.57 Å². The molecule has 1 aromatic rings. The van der Waals surface area contributed by atoms with Gasteiger partial charge in [0.2, 0.25) is 0 Å². The summed E-state index contributed by atoms with van der Waals surface area (Å²) in [6.45, 7) is 4.60. The van der Waals surface area contributed by atoms with Crippen LogP contribution in [0.3, 0.4) is 0 Å². The highest BCUT2D eigenvalue weighted by Gasteiger charge is 2.25. The van der Waals surface area contributed by atoms with Gasteiger partial charge in [0.15, 0.2) is 0 Å². The summed E-state index contributed by atoms with van der Waals surface area (Å²) in [4.78, 5) is 0. The molecular formula is C18H29O4P. The van der Waals surface area contributed by atoms with E-state index in [1.54, 1.807) is 13.8 Å². The molecule has 1 saturated carbocycles. The van der Waals surface area contributed by atoms with Gasteiger partial charge in [-0.25, -0.2) is 4.57 Å². The van der Waals surface area contributed by atoms with Crippen LogP contribution in [0, 0.1) is 0 Å². The standard InChI is InChI=1S/C18H29O4P/c1-3-20-23(19,21-4-2)22-15-9-13-17-12-7-8-14-18(17)16-10-5-6-11-16/h7-8,12,14,16H,3-6,9-11,13,15H2,1-2H3. The Labute approximate surface area is 140 Å². The smallest absolute Gasteiger partial charge is 0.287 e.